The summed E-state index contributed by atoms with van der Waals surface area (Å²) in [4.78, 5) is 57.2. The van der Waals surface area contributed by atoms with Gasteiger partial charge in [0.15, 0.2) is 0 Å². The molecule has 0 unspecified atom stereocenters. The van der Waals surface area contributed by atoms with Crippen LogP contribution >= 0.6 is 23.4 Å². The summed E-state index contributed by atoms with van der Waals surface area (Å²) in [5, 5.41) is 33.8. The van der Waals surface area contributed by atoms with Gasteiger partial charge in [-0.15, -0.1) is 23.4 Å². The summed E-state index contributed by atoms with van der Waals surface area (Å²) in [6.45, 7) is 25.6. The van der Waals surface area contributed by atoms with Gasteiger partial charge in [0, 0.05) is 103 Å². The number of hydrogen-bond donors (Lipinski definition) is 6. The highest BCUT2D eigenvalue weighted by Crippen LogP contribution is 2.35. The number of nitrogens with zero attached hydrogens (tertiary/aromatic N) is 10. The molecule has 1 aliphatic heterocycles. The minimum atomic E-state index is -0.0183. The van der Waals surface area contributed by atoms with Crippen LogP contribution in [0.2, 0.25) is 0 Å². The summed E-state index contributed by atoms with van der Waals surface area (Å²) >= 11 is 7.52. The fraction of sp³-hybridized carbons (Fsp3) is 0.414. The third-order valence-electron chi connectivity index (χ3n) is 16.3. The third kappa shape index (κ3) is 33.5. The maximum Gasteiger partial charge on any atom is 0.246 e. The van der Waals surface area contributed by atoms with Gasteiger partial charge in [-0.1, -0.05) is 203 Å². The lowest BCUT2D eigenvalue weighted by Gasteiger charge is -2.28. The second-order valence-electron chi connectivity index (χ2n) is 26.6. The van der Waals surface area contributed by atoms with Crippen LogP contribution in [-0.2, 0) is 9.59 Å². The molecule has 9 aromatic rings. The Morgan fingerprint density at radius 2 is 0.766 bits per heavy atom. The van der Waals surface area contributed by atoms with Crippen molar-refractivity contribution in [2.24, 2.45) is 10.8 Å². The zero-order valence-electron chi connectivity index (χ0n) is 64.2. The van der Waals surface area contributed by atoms with E-state index in [2.05, 4.69) is 159 Å². The molecule has 6 aromatic carbocycles. The van der Waals surface area contributed by atoms with Gasteiger partial charge in [-0.05, 0) is 138 Å². The zero-order valence-corrected chi connectivity index (χ0v) is 65.8. The number of nitrogens with one attached hydrogen (secondary N) is 2. The van der Waals surface area contributed by atoms with Crippen molar-refractivity contribution >= 4 is 57.6 Å². The van der Waals surface area contributed by atoms with E-state index in [1.807, 2.05) is 128 Å². The molecule has 0 bridgehead atoms. The number of Topliss-reactive ketones (excluding diaryl/α,β-unsaturated/α-hetero) is 1. The largest absolute Gasteiger partial charge is 0.396 e. The van der Waals surface area contributed by atoms with Gasteiger partial charge in [0.05, 0.1) is 59.2 Å². The fourth-order valence-corrected chi connectivity index (χ4v) is 12.0. The normalized spacial score (nSPS) is 11.2. The summed E-state index contributed by atoms with van der Waals surface area (Å²) in [5.74, 6) is 4.48. The number of carbonyl (C=O) groups excluding carboxylic acids is 2. The van der Waals surface area contributed by atoms with E-state index in [1.165, 1.54) is 13.8 Å². The number of ketones is 1. The third-order valence-corrected chi connectivity index (χ3v) is 17.7. The van der Waals surface area contributed by atoms with Gasteiger partial charge in [-0.2, -0.15) is 5.10 Å². The monoisotopic (exact) mass is 1490 g/mol. The number of hydrazone groups is 1. The van der Waals surface area contributed by atoms with E-state index >= 15 is 0 Å². The van der Waals surface area contributed by atoms with Gasteiger partial charge >= 0.3 is 0 Å². The van der Waals surface area contributed by atoms with Gasteiger partial charge in [0.25, 0.3) is 0 Å². The number of anilines is 3. The Balaban J connectivity index is 0.000000302. The Hall–Kier alpha value is -8.79. The van der Waals surface area contributed by atoms with Gasteiger partial charge in [0.1, 0.15) is 28.3 Å². The molecule has 20 heteroatoms. The van der Waals surface area contributed by atoms with Crippen molar-refractivity contribution in [3.05, 3.63) is 201 Å². The number of amides is 1. The molecule has 576 valence electrons. The van der Waals surface area contributed by atoms with Crippen LogP contribution in [0, 0.1) is 0 Å². The topological polar surface area (TPSA) is 244 Å². The number of alkyl halides is 1. The van der Waals surface area contributed by atoms with Crippen molar-refractivity contribution in [1.29, 1.82) is 0 Å². The molecule has 18 nitrogen and oxygen atoms in total. The Labute approximate surface area is 648 Å². The highest BCUT2D eigenvalue weighted by molar-refractivity contribution is 8.14. The number of unbranched alkanes of at least 4 members (excludes halogenated alkanes) is 5. The van der Waals surface area contributed by atoms with E-state index in [0.29, 0.717) is 49.6 Å². The maximum absolute atomic E-state index is 11.2. The summed E-state index contributed by atoms with van der Waals surface area (Å²) in [5.41, 5.74) is 19.4. The quantitative estimate of drug-likeness (QED) is 0.0165. The first-order chi connectivity index (χ1) is 51.4. The molecule has 4 heterocycles. The number of thioether (sulfide) groups is 1. The van der Waals surface area contributed by atoms with Gasteiger partial charge in [-0.3, -0.25) is 19.7 Å². The molecule has 0 saturated carbocycles. The Bertz CT molecular complexity index is 3720. The number of aromatic nitrogens is 6. The molecule has 0 radical (unpaired) electrons. The lowest BCUT2D eigenvalue weighted by atomic mass is 10.0. The average Bonchev–Trinajstić information content (AvgIpc) is 1.20. The van der Waals surface area contributed by atoms with Gasteiger partial charge < -0.3 is 45.9 Å². The molecule has 0 atom stereocenters. The minimum Gasteiger partial charge on any atom is -0.396 e. The van der Waals surface area contributed by atoms with E-state index in [4.69, 9.17) is 62.6 Å². The average molecular weight is 1500 g/mol. The maximum atomic E-state index is 11.2. The standard InChI is InChI=1S/C26H29N5OS.C23H26ClN3.C23H27N3O.C7H17NO.C4H11NO.C3H6O.CH4/c1-19(2)31(15-9-10-16-33-24-17-23(32)29-30-24)22-18-27-25(20-11-5-3-6-12-20)26(28-22)21-13-7-4-8-14-21;1-18(2)27(16-10-9-15-24)21-17-25-22(19-11-5-3-6-12-19)23(26-21)20-13-7-4-8-14-20;1-18(2)26(15-9-10-16-27)21-17-24-22(19-11-5-3-6-12-19)23(25-21)20-13-7-4-8-14-20;1-7(2)8-5-3-4-6-9;5-3-1-2-4-6;1-3(2)4;/h3-8,11-14,18-19H,9-10,15-17H2,1-2H3,(H,29,32);3-8,11-14,17-18H,9-10,15-16H2,1-2H3;3-8,11-14,17-18,27H,9-10,15-16H2,1-2H3;7-9H,3-6H2,1-2H3;6H,1-5H2;1-2H3;1H4. The van der Waals surface area contributed by atoms with Crippen molar-refractivity contribution in [1.82, 2.24) is 40.6 Å². The molecule has 0 fully saturated rings. The molecular weight excluding hydrogens is 1370 g/mol. The van der Waals surface area contributed by atoms with Gasteiger partial charge in [-0.25, -0.2) is 20.4 Å². The molecular formula is C87H120ClN13O5S. The van der Waals surface area contributed by atoms with Crippen molar-refractivity contribution in [3.8, 4) is 67.5 Å². The Morgan fingerprint density at radius 3 is 1.04 bits per heavy atom. The van der Waals surface area contributed by atoms with Crippen LogP contribution in [0.1, 0.15) is 147 Å². The number of aliphatic hydroxyl groups is 3. The van der Waals surface area contributed by atoms with Crippen LogP contribution in [0.5, 0.6) is 0 Å². The SMILES string of the molecule is C.CC(C)=O.CC(C)N(CCCCCl)c1cnc(-c2ccccc2)c(-c2ccccc2)n1.CC(C)N(CCCCO)c1cnc(-c2ccccc2)c(-c2ccccc2)n1.CC(C)N(CCCCSC1=NNC(=O)C1)c1cnc(-c2ccccc2)c(-c2ccccc2)n1.CC(C)NCCCCO.NCCCCO. The van der Waals surface area contributed by atoms with Crippen molar-refractivity contribution in [3.63, 3.8) is 0 Å². The van der Waals surface area contributed by atoms with Crippen LogP contribution in [0.15, 0.2) is 206 Å². The molecule has 0 saturated heterocycles. The molecule has 107 heavy (non-hydrogen) atoms. The van der Waals surface area contributed by atoms with Crippen molar-refractivity contribution in [2.45, 2.75) is 171 Å². The van der Waals surface area contributed by atoms with Crippen LogP contribution < -0.4 is 31.2 Å². The number of aliphatic hydroxyl groups excluding tert-OH is 3. The second-order valence-corrected chi connectivity index (χ2v) is 28.1. The number of rotatable bonds is 33. The predicted octanol–water partition coefficient (Wildman–Crippen LogP) is 17.9. The molecule has 7 N–H and O–H groups in total. The number of carbonyl (C=O) groups is 2. The summed E-state index contributed by atoms with van der Waals surface area (Å²) in [6, 6.07) is 63.0. The molecule has 3 aromatic heterocycles. The van der Waals surface area contributed by atoms with Crippen molar-refractivity contribution < 1.29 is 24.9 Å². The minimum absolute atomic E-state index is 0. The smallest absolute Gasteiger partial charge is 0.246 e. The number of hydrogen-bond acceptors (Lipinski definition) is 18. The van der Waals surface area contributed by atoms with E-state index in [0.717, 1.165) is 186 Å². The molecule has 10 rings (SSSR count). The molecule has 0 aliphatic carbocycles. The summed E-state index contributed by atoms with van der Waals surface area (Å²) < 4.78 is 0. The predicted molar refractivity (Wildman–Crippen MR) is 452 cm³/mol. The van der Waals surface area contributed by atoms with Crippen LogP contribution in [-0.4, -0.2) is 150 Å². The van der Waals surface area contributed by atoms with E-state index < -0.39 is 0 Å². The fourth-order valence-electron chi connectivity index (χ4n) is 10.9. The number of benzene rings is 6. The molecule has 0 spiro atoms. The lowest BCUT2D eigenvalue weighted by molar-refractivity contribution is -0.119. The molecule has 1 amide bonds. The van der Waals surface area contributed by atoms with E-state index in [9.17, 15) is 9.59 Å². The molecule has 1 aliphatic rings. The van der Waals surface area contributed by atoms with E-state index in [1.54, 1.807) is 11.8 Å². The zero-order chi connectivity index (χ0) is 76.7. The first kappa shape index (κ1) is 90.6. The van der Waals surface area contributed by atoms with E-state index in [-0.39, 0.29) is 32.3 Å². The first-order valence-electron chi connectivity index (χ1n) is 37.5. The highest BCUT2D eigenvalue weighted by Gasteiger charge is 2.22. The van der Waals surface area contributed by atoms with Gasteiger partial charge in [0.2, 0.25) is 5.91 Å². The number of nitrogens with two attached hydrogens (primary N) is 1. The van der Waals surface area contributed by atoms with Crippen LogP contribution in [0.25, 0.3) is 67.5 Å². The highest BCUT2D eigenvalue weighted by atomic mass is 35.5. The van der Waals surface area contributed by atoms with Crippen LogP contribution in [0.4, 0.5) is 17.5 Å². The Kier molecular flexibility index (Phi) is 44.9. The Morgan fingerprint density at radius 1 is 0.467 bits per heavy atom. The summed E-state index contributed by atoms with van der Waals surface area (Å²) in [7, 11) is 0. The summed E-state index contributed by atoms with van der Waals surface area (Å²) in [6.07, 6.45) is 15.7. The lowest BCUT2D eigenvalue weighted by Crippen LogP contribution is -2.32. The second kappa shape index (κ2) is 53.1. The number of halogens is 1. The first-order valence-corrected chi connectivity index (χ1v) is 39.0. The van der Waals surface area contributed by atoms with Crippen LogP contribution in [0.3, 0.4) is 0 Å². The van der Waals surface area contributed by atoms with Crippen molar-refractivity contribution in [2.75, 3.05) is 78.9 Å².